The second-order valence-corrected chi connectivity index (χ2v) is 6.94. The summed E-state index contributed by atoms with van der Waals surface area (Å²) in [5, 5.41) is 2.67. The summed E-state index contributed by atoms with van der Waals surface area (Å²) in [4.78, 5) is 11.2. The summed E-state index contributed by atoms with van der Waals surface area (Å²) in [6.07, 6.45) is 0.731. The topological polar surface area (TPSA) is 84.5 Å². The quantitative estimate of drug-likeness (QED) is 0.805. The first-order chi connectivity index (χ1) is 11.4. The molecule has 0 spiro atoms. The molecule has 24 heavy (non-hydrogen) atoms. The molecule has 2 N–H and O–H groups in total. The minimum absolute atomic E-state index is 0.142. The summed E-state index contributed by atoms with van der Waals surface area (Å²) in [5.74, 6) is 0.970. The van der Waals surface area contributed by atoms with E-state index in [4.69, 9.17) is 4.74 Å². The molecule has 128 valence electrons. The Bertz CT molecular complexity index is 784. The first-order valence-corrected chi connectivity index (χ1v) is 9.04. The monoisotopic (exact) mass is 348 g/mol. The molecular formula is C17H20N2O4S. The van der Waals surface area contributed by atoms with Crippen LogP contribution in [-0.4, -0.2) is 20.9 Å². The molecular weight excluding hydrogens is 328 g/mol. The SMILES string of the molecule is CCCNS(=O)(=O)c1ccc(Oc2ccc(NC(C)=O)cc2)cc1. The number of ether oxygens (including phenoxy) is 1. The minimum Gasteiger partial charge on any atom is -0.457 e. The van der Waals surface area contributed by atoms with E-state index in [1.54, 1.807) is 36.4 Å². The smallest absolute Gasteiger partial charge is 0.240 e. The van der Waals surface area contributed by atoms with E-state index in [1.807, 2.05) is 6.92 Å². The lowest BCUT2D eigenvalue weighted by Crippen LogP contribution is -2.24. The Hall–Kier alpha value is -2.38. The van der Waals surface area contributed by atoms with E-state index in [0.29, 0.717) is 23.7 Å². The molecule has 0 aliphatic rings. The lowest BCUT2D eigenvalue weighted by atomic mass is 10.3. The fraction of sp³-hybridized carbons (Fsp3) is 0.235. The Morgan fingerprint density at radius 1 is 1.00 bits per heavy atom. The van der Waals surface area contributed by atoms with Gasteiger partial charge in [0.25, 0.3) is 0 Å². The van der Waals surface area contributed by atoms with Gasteiger partial charge in [-0.05, 0) is 55.0 Å². The molecule has 0 saturated heterocycles. The van der Waals surface area contributed by atoms with Gasteiger partial charge in [0.15, 0.2) is 0 Å². The summed E-state index contributed by atoms with van der Waals surface area (Å²) in [6.45, 7) is 3.74. The number of benzene rings is 2. The maximum atomic E-state index is 12.0. The van der Waals surface area contributed by atoms with Gasteiger partial charge in [-0.15, -0.1) is 0 Å². The normalized spacial score (nSPS) is 11.1. The van der Waals surface area contributed by atoms with Gasteiger partial charge in [-0.2, -0.15) is 0 Å². The second kappa shape index (κ2) is 7.94. The van der Waals surface area contributed by atoms with E-state index in [-0.39, 0.29) is 10.8 Å². The van der Waals surface area contributed by atoms with E-state index >= 15 is 0 Å². The molecule has 2 aromatic rings. The van der Waals surface area contributed by atoms with Crippen molar-refractivity contribution in [3.63, 3.8) is 0 Å². The molecule has 0 fully saturated rings. The van der Waals surface area contributed by atoms with Crippen LogP contribution in [0.5, 0.6) is 11.5 Å². The van der Waals surface area contributed by atoms with Crippen molar-refractivity contribution in [2.75, 3.05) is 11.9 Å². The maximum Gasteiger partial charge on any atom is 0.240 e. The summed E-state index contributed by atoms with van der Waals surface area (Å²) >= 11 is 0. The van der Waals surface area contributed by atoms with E-state index < -0.39 is 10.0 Å². The first-order valence-electron chi connectivity index (χ1n) is 7.56. The van der Waals surface area contributed by atoms with Gasteiger partial charge in [0.2, 0.25) is 15.9 Å². The highest BCUT2D eigenvalue weighted by Gasteiger charge is 2.12. The number of carbonyl (C=O) groups excluding carboxylic acids is 1. The van der Waals surface area contributed by atoms with Gasteiger partial charge in [0, 0.05) is 19.2 Å². The predicted octanol–water partition coefficient (Wildman–Crippen LogP) is 3.13. The summed E-state index contributed by atoms with van der Waals surface area (Å²) in [7, 11) is -3.47. The maximum absolute atomic E-state index is 12.0. The van der Waals surface area contributed by atoms with Crippen LogP contribution in [0.1, 0.15) is 20.3 Å². The summed E-state index contributed by atoms with van der Waals surface area (Å²) < 4.78 is 32.2. The summed E-state index contributed by atoms with van der Waals surface area (Å²) in [6, 6.07) is 13.1. The minimum atomic E-state index is -3.47. The van der Waals surface area contributed by atoms with Crippen molar-refractivity contribution >= 4 is 21.6 Å². The van der Waals surface area contributed by atoms with Crippen LogP contribution in [-0.2, 0) is 14.8 Å². The number of amides is 1. The Kier molecular flexibility index (Phi) is 5.94. The highest BCUT2D eigenvalue weighted by Crippen LogP contribution is 2.24. The van der Waals surface area contributed by atoms with Crippen molar-refractivity contribution in [1.82, 2.24) is 4.72 Å². The van der Waals surface area contributed by atoms with Gasteiger partial charge >= 0.3 is 0 Å². The lowest BCUT2D eigenvalue weighted by molar-refractivity contribution is -0.114. The number of anilines is 1. The van der Waals surface area contributed by atoms with Crippen LogP contribution in [0, 0.1) is 0 Å². The average molecular weight is 348 g/mol. The van der Waals surface area contributed by atoms with Gasteiger partial charge in [0.1, 0.15) is 11.5 Å². The molecule has 0 saturated carbocycles. The van der Waals surface area contributed by atoms with Gasteiger partial charge in [-0.1, -0.05) is 6.92 Å². The van der Waals surface area contributed by atoms with E-state index in [2.05, 4.69) is 10.0 Å². The van der Waals surface area contributed by atoms with Crippen molar-refractivity contribution in [1.29, 1.82) is 0 Å². The van der Waals surface area contributed by atoms with Gasteiger partial charge < -0.3 is 10.1 Å². The zero-order valence-corrected chi connectivity index (χ0v) is 14.4. The van der Waals surface area contributed by atoms with Crippen molar-refractivity contribution in [2.45, 2.75) is 25.2 Å². The van der Waals surface area contributed by atoms with Crippen LogP contribution in [0.25, 0.3) is 0 Å². The van der Waals surface area contributed by atoms with E-state index in [9.17, 15) is 13.2 Å². The van der Waals surface area contributed by atoms with Crippen LogP contribution in [0.4, 0.5) is 5.69 Å². The van der Waals surface area contributed by atoms with Crippen LogP contribution in [0.2, 0.25) is 0 Å². The molecule has 0 aliphatic carbocycles. The van der Waals surface area contributed by atoms with Gasteiger partial charge in [-0.25, -0.2) is 13.1 Å². The van der Waals surface area contributed by atoms with Gasteiger partial charge in [-0.3, -0.25) is 4.79 Å². The largest absolute Gasteiger partial charge is 0.457 e. The zero-order chi connectivity index (χ0) is 17.6. The molecule has 0 atom stereocenters. The third-order valence-electron chi connectivity index (χ3n) is 3.09. The number of carbonyl (C=O) groups is 1. The zero-order valence-electron chi connectivity index (χ0n) is 13.6. The first kappa shape index (κ1) is 18.0. The van der Waals surface area contributed by atoms with E-state index in [0.717, 1.165) is 6.42 Å². The fourth-order valence-corrected chi connectivity index (χ4v) is 3.09. The van der Waals surface area contributed by atoms with Crippen LogP contribution < -0.4 is 14.8 Å². The van der Waals surface area contributed by atoms with Crippen molar-refractivity contribution < 1.29 is 17.9 Å². The Morgan fingerprint density at radius 2 is 1.54 bits per heavy atom. The molecule has 0 heterocycles. The molecule has 0 radical (unpaired) electrons. The number of hydrogen-bond acceptors (Lipinski definition) is 4. The predicted molar refractivity (Wildman–Crippen MR) is 92.7 cm³/mol. The standard InChI is InChI=1S/C17H20N2O4S/c1-3-12-18-24(21,22)17-10-8-16(9-11-17)23-15-6-4-14(5-7-15)19-13(2)20/h4-11,18H,3,12H2,1-2H3,(H,19,20). The molecule has 0 aliphatic heterocycles. The Balaban J connectivity index is 2.05. The molecule has 2 aromatic carbocycles. The molecule has 2 rings (SSSR count). The average Bonchev–Trinajstić information content (AvgIpc) is 2.55. The molecule has 0 unspecified atom stereocenters. The highest BCUT2D eigenvalue weighted by molar-refractivity contribution is 7.89. The molecule has 0 bridgehead atoms. The molecule has 6 nitrogen and oxygen atoms in total. The molecule has 1 amide bonds. The third kappa shape index (κ3) is 5.07. The Morgan fingerprint density at radius 3 is 2.04 bits per heavy atom. The molecule has 0 aromatic heterocycles. The highest BCUT2D eigenvalue weighted by atomic mass is 32.2. The van der Waals surface area contributed by atoms with E-state index in [1.165, 1.54) is 19.1 Å². The van der Waals surface area contributed by atoms with Crippen molar-refractivity contribution in [3.05, 3.63) is 48.5 Å². The number of rotatable bonds is 7. The Labute approximate surface area is 141 Å². The molecule has 7 heteroatoms. The number of hydrogen-bond donors (Lipinski definition) is 2. The van der Waals surface area contributed by atoms with Crippen LogP contribution in [0.3, 0.4) is 0 Å². The van der Waals surface area contributed by atoms with Crippen LogP contribution >= 0.6 is 0 Å². The van der Waals surface area contributed by atoms with Crippen LogP contribution in [0.15, 0.2) is 53.4 Å². The number of nitrogens with one attached hydrogen (secondary N) is 2. The second-order valence-electron chi connectivity index (χ2n) is 5.18. The van der Waals surface area contributed by atoms with Crippen molar-refractivity contribution in [2.24, 2.45) is 0 Å². The third-order valence-corrected chi connectivity index (χ3v) is 4.56. The number of sulfonamides is 1. The van der Waals surface area contributed by atoms with Gasteiger partial charge in [0.05, 0.1) is 4.90 Å². The fourth-order valence-electron chi connectivity index (χ4n) is 1.95. The summed E-state index contributed by atoms with van der Waals surface area (Å²) in [5.41, 5.74) is 0.679. The lowest BCUT2D eigenvalue weighted by Gasteiger charge is -2.09. The van der Waals surface area contributed by atoms with Crippen molar-refractivity contribution in [3.8, 4) is 11.5 Å².